The maximum Gasteiger partial charge on any atom is 0.319 e. The summed E-state index contributed by atoms with van der Waals surface area (Å²) in [6.45, 7) is 1.90. The van der Waals surface area contributed by atoms with Crippen molar-refractivity contribution in [3.8, 4) is 0 Å². The monoisotopic (exact) mass is 308 g/mol. The summed E-state index contributed by atoms with van der Waals surface area (Å²) in [7, 11) is 0. The number of benzene rings is 2. The number of nitrogens with one attached hydrogen (secondary N) is 2. The molecule has 0 saturated carbocycles. The molecule has 0 radical (unpaired) electrons. The molecule has 0 aromatic heterocycles. The van der Waals surface area contributed by atoms with E-state index in [4.69, 9.17) is 23.2 Å². The van der Waals surface area contributed by atoms with Gasteiger partial charge in [0.05, 0.1) is 16.8 Å². The minimum atomic E-state index is -0.305. The SMILES string of the molecule is CC(NC(=O)Nc1ccccc1Cl)c1ccc(Cl)cc1. The number of halogens is 2. The summed E-state index contributed by atoms with van der Waals surface area (Å²) < 4.78 is 0. The summed E-state index contributed by atoms with van der Waals surface area (Å²) in [5, 5.41) is 6.72. The predicted molar refractivity (Wildman–Crippen MR) is 83.5 cm³/mol. The molecule has 0 bridgehead atoms. The van der Waals surface area contributed by atoms with Crippen molar-refractivity contribution < 1.29 is 4.79 Å². The van der Waals surface area contributed by atoms with Crippen molar-refractivity contribution in [3.05, 3.63) is 64.1 Å². The minimum Gasteiger partial charge on any atom is -0.331 e. The molecule has 0 saturated heterocycles. The molecule has 3 nitrogen and oxygen atoms in total. The Balaban J connectivity index is 1.98. The van der Waals surface area contributed by atoms with Crippen molar-refractivity contribution >= 4 is 34.9 Å². The molecule has 2 aromatic carbocycles. The van der Waals surface area contributed by atoms with Crippen LogP contribution in [0.15, 0.2) is 48.5 Å². The number of anilines is 1. The van der Waals surface area contributed by atoms with Gasteiger partial charge in [0.25, 0.3) is 0 Å². The smallest absolute Gasteiger partial charge is 0.319 e. The highest BCUT2D eigenvalue weighted by Gasteiger charge is 2.10. The van der Waals surface area contributed by atoms with E-state index < -0.39 is 0 Å². The van der Waals surface area contributed by atoms with Gasteiger partial charge in [-0.25, -0.2) is 4.79 Å². The Morgan fingerprint density at radius 1 is 1.05 bits per heavy atom. The first kappa shape index (κ1) is 14.7. The molecular formula is C15H14Cl2N2O. The Morgan fingerprint density at radius 3 is 2.35 bits per heavy atom. The Hall–Kier alpha value is -1.71. The second kappa shape index (κ2) is 6.64. The first-order valence-corrected chi connectivity index (χ1v) is 6.89. The van der Waals surface area contributed by atoms with E-state index in [0.29, 0.717) is 15.7 Å². The Labute approximate surface area is 127 Å². The van der Waals surface area contributed by atoms with Crippen LogP contribution in [-0.2, 0) is 0 Å². The van der Waals surface area contributed by atoms with E-state index in [-0.39, 0.29) is 12.1 Å². The van der Waals surface area contributed by atoms with Crippen molar-refractivity contribution in [2.75, 3.05) is 5.32 Å². The fourth-order valence-electron chi connectivity index (χ4n) is 1.75. The lowest BCUT2D eigenvalue weighted by molar-refractivity contribution is 0.249. The molecule has 20 heavy (non-hydrogen) atoms. The zero-order valence-electron chi connectivity index (χ0n) is 10.9. The Morgan fingerprint density at radius 2 is 1.70 bits per heavy atom. The topological polar surface area (TPSA) is 41.1 Å². The van der Waals surface area contributed by atoms with Gasteiger partial charge in [-0.1, -0.05) is 47.5 Å². The largest absolute Gasteiger partial charge is 0.331 e. The second-order valence-electron chi connectivity index (χ2n) is 4.35. The van der Waals surface area contributed by atoms with Gasteiger partial charge >= 0.3 is 6.03 Å². The van der Waals surface area contributed by atoms with Gasteiger partial charge in [-0.05, 0) is 36.8 Å². The molecule has 0 aliphatic carbocycles. The van der Waals surface area contributed by atoms with Crippen LogP contribution in [0.2, 0.25) is 10.0 Å². The molecule has 2 rings (SSSR count). The van der Waals surface area contributed by atoms with Gasteiger partial charge in [-0.2, -0.15) is 0 Å². The van der Waals surface area contributed by atoms with Crippen molar-refractivity contribution in [1.82, 2.24) is 5.32 Å². The highest BCUT2D eigenvalue weighted by Crippen LogP contribution is 2.21. The average Bonchev–Trinajstić information content (AvgIpc) is 2.42. The molecule has 0 fully saturated rings. The number of carbonyl (C=O) groups is 1. The maximum atomic E-state index is 11.9. The van der Waals surface area contributed by atoms with Crippen LogP contribution in [0, 0.1) is 0 Å². The summed E-state index contributed by atoms with van der Waals surface area (Å²) in [5.74, 6) is 0. The van der Waals surface area contributed by atoms with Crippen LogP contribution in [-0.4, -0.2) is 6.03 Å². The summed E-state index contributed by atoms with van der Waals surface area (Å²) in [6, 6.07) is 14.0. The zero-order valence-corrected chi connectivity index (χ0v) is 12.4. The highest BCUT2D eigenvalue weighted by molar-refractivity contribution is 6.33. The van der Waals surface area contributed by atoms with Crippen LogP contribution in [0.4, 0.5) is 10.5 Å². The summed E-state index contributed by atoms with van der Waals surface area (Å²) in [6.07, 6.45) is 0. The van der Waals surface area contributed by atoms with Crippen molar-refractivity contribution in [3.63, 3.8) is 0 Å². The standard InChI is InChI=1S/C15H14Cl2N2O/c1-10(11-6-8-12(16)9-7-11)18-15(20)19-14-5-3-2-4-13(14)17/h2-10H,1H3,(H2,18,19,20). The van der Waals surface area contributed by atoms with E-state index >= 15 is 0 Å². The van der Waals surface area contributed by atoms with E-state index in [1.54, 1.807) is 24.3 Å². The van der Waals surface area contributed by atoms with Gasteiger partial charge in [-0.15, -0.1) is 0 Å². The molecule has 1 atom stereocenters. The summed E-state index contributed by atoms with van der Waals surface area (Å²) in [5.41, 5.74) is 1.55. The predicted octanol–water partition coefficient (Wildman–Crippen LogP) is 4.88. The lowest BCUT2D eigenvalue weighted by atomic mass is 10.1. The number of amides is 2. The van der Waals surface area contributed by atoms with Gasteiger partial charge in [0.1, 0.15) is 0 Å². The van der Waals surface area contributed by atoms with Crippen LogP contribution in [0.25, 0.3) is 0 Å². The van der Waals surface area contributed by atoms with Gasteiger partial charge in [-0.3, -0.25) is 0 Å². The van der Waals surface area contributed by atoms with E-state index in [1.807, 2.05) is 31.2 Å². The van der Waals surface area contributed by atoms with E-state index in [9.17, 15) is 4.79 Å². The number of hydrogen-bond acceptors (Lipinski definition) is 1. The fraction of sp³-hybridized carbons (Fsp3) is 0.133. The third-order valence-electron chi connectivity index (χ3n) is 2.84. The van der Waals surface area contributed by atoms with Gasteiger partial charge in [0.15, 0.2) is 0 Å². The lowest BCUT2D eigenvalue weighted by Gasteiger charge is -2.15. The van der Waals surface area contributed by atoms with E-state index in [1.165, 1.54) is 0 Å². The Kier molecular flexibility index (Phi) is 4.88. The number of hydrogen-bond donors (Lipinski definition) is 2. The molecule has 2 amide bonds. The first-order valence-electron chi connectivity index (χ1n) is 6.14. The molecule has 0 aliphatic rings. The fourth-order valence-corrected chi connectivity index (χ4v) is 2.06. The lowest BCUT2D eigenvalue weighted by Crippen LogP contribution is -2.31. The summed E-state index contributed by atoms with van der Waals surface area (Å²) >= 11 is 11.8. The number of urea groups is 1. The third kappa shape index (κ3) is 3.89. The van der Waals surface area contributed by atoms with Crippen LogP contribution >= 0.6 is 23.2 Å². The average molecular weight is 309 g/mol. The van der Waals surface area contributed by atoms with Crippen LogP contribution in [0.1, 0.15) is 18.5 Å². The van der Waals surface area contributed by atoms with Crippen LogP contribution < -0.4 is 10.6 Å². The second-order valence-corrected chi connectivity index (χ2v) is 5.20. The van der Waals surface area contributed by atoms with Crippen molar-refractivity contribution in [2.24, 2.45) is 0 Å². The van der Waals surface area contributed by atoms with Gasteiger partial charge in [0.2, 0.25) is 0 Å². The number of para-hydroxylation sites is 1. The number of rotatable bonds is 3. The third-order valence-corrected chi connectivity index (χ3v) is 3.42. The van der Waals surface area contributed by atoms with Crippen molar-refractivity contribution in [2.45, 2.75) is 13.0 Å². The maximum absolute atomic E-state index is 11.9. The van der Waals surface area contributed by atoms with E-state index in [0.717, 1.165) is 5.56 Å². The molecule has 0 heterocycles. The Bertz CT molecular complexity index is 599. The van der Waals surface area contributed by atoms with Crippen LogP contribution in [0.5, 0.6) is 0 Å². The molecule has 2 N–H and O–H groups in total. The molecule has 1 unspecified atom stereocenters. The van der Waals surface area contributed by atoms with Gasteiger partial charge < -0.3 is 10.6 Å². The highest BCUT2D eigenvalue weighted by atomic mass is 35.5. The molecule has 104 valence electrons. The molecule has 2 aromatic rings. The normalized spacial score (nSPS) is 11.8. The van der Waals surface area contributed by atoms with Crippen molar-refractivity contribution in [1.29, 1.82) is 0 Å². The van der Waals surface area contributed by atoms with Gasteiger partial charge in [0, 0.05) is 5.02 Å². The van der Waals surface area contributed by atoms with Crippen LogP contribution in [0.3, 0.4) is 0 Å². The zero-order chi connectivity index (χ0) is 14.5. The number of carbonyl (C=O) groups excluding carboxylic acids is 1. The molecular weight excluding hydrogens is 295 g/mol. The minimum absolute atomic E-state index is 0.130. The van der Waals surface area contributed by atoms with E-state index in [2.05, 4.69) is 10.6 Å². The quantitative estimate of drug-likeness (QED) is 0.834. The molecule has 0 spiro atoms. The molecule has 5 heteroatoms. The summed E-state index contributed by atoms with van der Waals surface area (Å²) in [4.78, 5) is 11.9. The molecule has 0 aliphatic heterocycles. The first-order chi connectivity index (χ1) is 9.56.